The van der Waals surface area contributed by atoms with Crippen LogP contribution in [0.25, 0.3) is 11.5 Å². The maximum atomic E-state index is 6.40. The van der Waals surface area contributed by atoms with Gasteiger partial charge in [-0.2, -0.15) is 4.98 Å². The fraction of sp³-hybridized carbons (Fsp3) is 0.571. The van der Waals surface area contributed by atoms with Crippen LogP contribution < -0.4 is 10.5 Å². The van der Waals surface area contributed by atoms with E-state index in [1.807, 2.05) is 0 Å². The second-order valence-corrected chi connectivity index (χ2v) is 5.57. The van der Waals surface area contributed by atoms with E-state index in [2.05, 4.69) is 20.3 Å². The van der Waals surface area contributed by atoms with Crippen LogP contribution in [-0.4, -0.2) is 33.0 Å². The molecule has 0 spiro atoms. The summed E-state index contributed by atoms with van der Waals surface area (Å²) in [7, 11) is 1.54. The first-order chi connectivity index (χ1) is 10.2. The number of rotatable bonds is 4. The van der Waals surface area contributed by atoms with Crippen LogP contribution in [0.5, 0.6) is 5.88 Å². The predicted molar refractivity (Wildman–Crippen MR) is 75.6 cm³/mol. The minimum Gasteiger partial charge on any atom is -0.480 e. The Hall–Kier alpha value is -2.02. The number of hydrogen-bond donors (Lipinski definition) is 1. The topological polar surface area (TPSA) is 100.0 Å². The molecular weight excluding hydrogens is 270 g/mol. The van der Waals surface area contributed by atoms with Crippen molar-refractivity contribution in [3.8, 4) is 17.4 Å². The highest BCUT2D eigenvalue weighted by Crippen LogP contribution is 2.29. The van der Waals surface area contributed by atoms with Crippen LogP contribution in [0.3, 0.4) is 0 Å². The molecule has 0 atom stereocenters. The molecule has 112 valence electrons. The average Bonchev–Trinajstić information content (AvgIpc) is 2.96. The third kappa shape index (κ3) is 3.18. The second-order valence-electron chi connectivity index (χ2n) is 5.57. The Morgan fingerprint density at radius 3 is 2.71 bits per heavy atom. The Balaban J connectivity index is 1.73. The SMILES string of the molecule is COc1ccc(-c2noc(CC3(N)CCCCC3)n2)nn1. The fourth-order valence-corrected chi connectivity index (χ4v) is 2.71. The van der Waals surface area contributed by atoms with Crippen LogP contribution in [0, 0.1) is 0 Å². The highest BCUT2D eigenvalue weighted by molar-refractivity contribution is 5.47. The lowest BCUT2D eigenvalue weighted by Gasteiger charge is -2.31. The molecule has 3 rings (SSSR count). The van der Waals surface area contributed by atoms with Crippen molar-refractivity contribution in [3.63, 3.8) is 0 Å². The highest BCUT2D eigenvalue weighted by Gasteiger charge is 2.30. The first kappa shape index (κ1) is 13.9. The maximum Gasteiger partial charge on any atom is 0.233 e. The van der Waals surface area contributed by atoms with Crippen LogP contribution in [0.2, 0.25) is 0 Å². The number of aromatic nitrogens is 4. The molecule has 0 saturated heterocycles. The number of nitrogens with zero attached hydrogens (tertiary/aromatic N) is 4. The molecule has 7 heteroatoms. The smallest absolute Gasteiger partial charge is 0.233 e. The molecule has 2 aromatic rings. The van der Waals surface area contributed by atoms with Gasteiger partial charge in [0.25, 0.3) is 0 Å². The lowest BCUT2D eigenvalue weighted by Crippen LogP contribution is -2.43. The fourth-order valence-electron chi connectivity index (χ4n) is 2.71. The zero-order valence-electron chi connectivity index (χ0n) is 12.1. The zero-order chi connectivity index (χ0) is 14.7. The maximum absolute atomic E-state index is 6.40. The number of nitrogens with two attached hydrogens (primary N) is 1. The monoisotopic (exact) mass is 289 g/mol. The third-order valence-corrected chi connectivity index (χ3v) is 3.90. The first-order valence-electron chi connectivity index (χ1n) is 7.18. The summed E-state index contributed by atoms with van der Waals surface area (Å²) in [4.78, 5) is 4.37. The lowest BCUT2D eigenvalue weighted by atomic mass is 9.80. The van der Waals surface area contributed by atoms with Crippen molar-refractivity contribution in [3.05, 3.63) is 18.0 Å². The van der Waals surface area contributed by atoms with Gasteiger partial charge in [-0.1, -0.05) is 24.4 Å². The van der Waals surface area contributed by atoms with Gasteiger partial charge in [-0.25, -0.2) is 0 Å². The third-order valence-electron chi connectivity index (χ3n) is 3.90. The second kappa shape index (κ2) is 5.77. The molecular formula is C14H19N5O2. The van der Waals surface area contributed by atoms with Crippen molar-refractivity contribution in [2.75, 3.05) is 7.11 Å². The molecule has 0 aliphatic heterocycles. The molecule has 1 fully saturated rings. The quantitative estimate of drug-likeness (QED) is 0.914. The van der Waals surface area contributed by atoms with Crippen LogP contribution in [0.1, 0.15) is 38.0 Å². The molecule has 0 bridgehead atoms. The Bertz CT molecular complexity index is 590. The van der Waals surface area contributed by atoms with E-state index >= 15 is 0 Å². The Kier molecular flexibility index (Phi) is 3.83. The van der Waals surface area contributed by atoms with E-state index in [0.717, 1.165) is 12.8 Å². The van der Waals surface area contributed by atoms with Crippen molar-refractivity contribution in [1.29, 1.82) is 0 Å². The predicted octanol–water partition coefficient (Wildman–Crippen LogP) is 1.74. The molecule has 0 unspecified atom stereocenters. The normalized spacial score (nSPS) is 17.6. The largest absolute Gasteiger partial charge is 0.480 e. The minimum absolute atomic E-state index is 0.215. The van der Waals surface area contributed by atoms with Gasteiger partial charge in [0.2, 0.25) is 17.6 Å². The van der Waals surface area contributed by atoms with Crippen molar-refractivity contribution in [2.24, 2.45) is 5.73 Å². The van der Waals surface area contributed by atoms with Gasteiger partial charge >= 0.3 is 0 Å². The molecule has 2 aromatic heterocycles. The van der Waals surface area contributed by atoms with E-state index in [-0.39, 0.29) is 5.54 Å². The van der Waals surface area contributed by atoms with E-state index in [1.165, 1.54) is 19.3 Å². The summed E-state index contributed by atoms with van der Waals surface area (Å²) < 4.78 is 10.3. The van der Waals surface area contributed by atoms with Gasteiger partial charge in [0.1, 0.15) is 5.69 Å². The standard InChI is InChI=1S/C14H19N5O2/c1-20-11-6-5-10(17-18-11)13-16-12(21-19-13)9-14(15)7-3-2-4-8-14/h5-6H,2-4,7-9,15H2,1H3. The van der Waals surface area contributed by atoms with Gasteiger partial charge in [-0.05, 0) is 18.9 Å². The molecule has 0 aromatic carbocycles. The minimum atomic E-state index is -0.215. The van der Waals surface area contributed by atoms with Gasteiger partial charge in [0.05, 0.1) is 7.11 Å². The number of ether oxygens (including phenoxy) is 1. The van der Waals surface area contributed by atoms with Gasteiger partial charge in [0, 0.05) is 18.0 Å². The van der Waals surface area contributed by atoms with Crippen LogP contribution in [0.4, 0.5) is 0 Å². The van der Waals surface area contributed by atoms with E-state index in [0.29, 0.717) is 29.7 Å². The van der Waals surface area contributed by atoms with Crippen LogP contribution in [0.15, 0.2) is 16.7 Å². The van der Waals surface area contributed by atoms with Gasteiger partial charge in [-0.3, -0.25) is 0 Å². The van der Waals surface area contributed by atoms with Gasteiger partial charge < -0.3 is 15.0 Å². The summed E-state index contributed by atoms with van der Waals surface area (Å²) >= 11 is 0. The van der Waals surface area contributed by atoms with E-state index in [4.69, 9.17) is 15.0 Å². The molecule has 1 saturated carbocycles. The van der Waals surface area contributed by atoms with Crippen molar-refractivity contribution < 1.29 is 9.26 Å². The molecule has 2 N–H and O–H groups in total. The average molecular weight is 289 g/mol. The van der Waals surface area contributed by atoms with Crippen molar-refractivity contribution >= 4 is 0 Å². The lowest BCUT2D eigenvalue weighted by molar-refractivity contribution is 0.261. The van der Waals surface area contributed by atoms with Crippen LogP contribution in [-0.2, 0) is 6.42 Å². The number of hydrogen-bond acceptors (Lipinski definition) is 7. The summed E-state index contributed by atoms with van der Waals surface area (Å²) in [6, 6.07) is 3.46. The van der Waals surface area contributed by atoms with Crippen LogP contribution >= 0.6 is 0 Å². The summed E-state index contributed by atoms with van der Waals surface area (Å²) in [6.45, 7) is 0. The molecule has 21 heavy (non-hydrogen) atoms. The van der Waals surface area contributed by atoms with E-state index < -0.39 is 0 Å². The zero-order valence-corrected chi connectivity index (χ0v) is 12.1. The first-order valence-corrected chi connectivity index (χ1v) is 7.18. The Morgan fingerprint density at radius 2 is 2.05 bits per heavy atom. The number of methoxy groups -OCH3 is 1. The summed E-state index contributed by atoms with van der Waals surface area (Å²) in [5.41, 5.74) is 6.75. The van der Waals surface area contributed by atoms with Crippen molar-refractivity contribution in [1.82, 2.24) is 20.3 Å². The van der Waals surface area contributed by atoms with Gasteiger partial charge in [0.15, 0.2) is 0 Å². The molecule has 0 radical (unpaired) electrons. The highest BCUT2D eigenvalue weighted by atomic mass is 16.5. The molecule has 7 nitrogen and oxygen atoms in total. The molecule has 1 aliphatic rings. The summed E-state index contributed by atoms with van der Waals surface area (Å²) in [6.07, 6.45) is 6.22. The van der Waals surface area contributed by atoms with Crippen molar-refractivity contribution in [2.45, 2.75) is 44.1 Å². The van der Waals surface area contributed by atoms with E-state index in [9.17, 15) is 0 Å². The molecule has 0 amide bonds. The van der Waals surface area contributed by atoms with E-state index in [1.54, 1.807) is 19.2 Å². The van der Waals surface area contributed by atoms with Gasteiger partial charge in [-0.15, -0.1) is 10.2 Å². The Labute approximate surface area is 122 Å². The summed E-state index contributed by atoms with van der Waals surface area (Å²) in [5, 5.41) is 11.9. The molecule has 2 heterocycles. The molecule has 1 aliphatic carbocycles. The Morgan fingerprint density at radius 1 is 1.24 bits per heavy atom. The summed E-state index contributed by atoms with van der Waals surface area (Å²) in [5.74, 6) is 1.44.